The summed E-state index contributed by atoms with van der Waals surface area (Å²) in [6, 6.07) is 5.87. The molecule has 0 saturated heterocycles. The van der Waals surface area contributed by atoms with Gasteiger partial charge in [0.05, 0.1) is 12.5 Å². The molecule has 0 atom stereocenters. The van der Waals surface area contributed by atoms with Crippen molar-refractivity contribution in [3.8, 4) is 0 Å². The summed E-state index contributed by atoms with van der Waals surface area (Å²) in [7, 11) is 0. The lowest BCUT2D eigenvalue weighted by atomic mass is 10.1. The zero-order chi connectivity index (χ0) is 11.4. The number of rotatable bonds is 3. The number of carbonyl (C=O) groups is 1. The van der Waals surface area contributed by atoms with Gasteiger partial charge in [0.1, 0.15) is 0 Å². The van der Waals surface area contributed by atoms with Crippen molar-refractivity contribution < 1.29 is 9.53 Å². The van der Waals surface area contributed by atoms with Gasteiger partial charge in [0, 0.05) is 4.47 Å². The van der Waals surface area contributed by atoms with E-state index in [4.69, 9.17) is 4.74 Å². The van der Waals surface area contributed by atoms with Crippen LogP contribution in [0.5, 0.6) is 0 Å². The molecular formula is C12H15BrO2. The molecule has 15 heavy (non-hydrogen) atoms. The Balaban J connectivity index is 2.65. The number of ether oxygens (including phenoxy) is 1. The van der Waals surface area contributed by atoms with Gasteiger partial charge in [0.2, 0.25) is 0 Å². The van der Waals surface area contributed by atoms with Crippen LogP contribution in [0.4, 0.5) is 0 Å². The second kappa shape index (κ2) is 5.31. The molecule has 0 heterocycles. The smallest absolute Gasteiger partial charge is 0.310 e. The van der Waals surface area contributed by atoms with Crippen LogP contribution < -0.4 is 0 Å². The molecule has 0 aliphatic rings. The van der Waals surface area contributed by atoms with Gasteiger partial charge in [-0.05, 0) is 38.0 Å². The summed E-state index contributed by atoms with van der Waals surface area (Å²) < 4.78 is 6.13. The third-order valence-corrected chi connectivity index (χ3v) is 2.83. The number of hydrogen-bond donors (Lipinski definition) is 0. The minimum Gasteiger partial charge on any atom is -0.463 e. The summed E-state index contributed by atoms with van der Waals surface area (Å²) >= 11 is 3.42. The monoisotopic (exact) mass is 270 g/mol. The van der Waals surface area contributed by atoms with Crippen molar-refractivity contribution in [1.29, 1.82) is 0 Å². The SMILES string of the molecule is Cc1cc(CC(=O)OC(C)C)ccc1Br. The van der Waals surface area contributed by atoms with Crippen LogP contribution in [0.3, 0.4) is 0 Å². The van der Waals surface area contributed by atoms with E-state index in [0.717, 1.165) is 15.6 Å². The van der Waals surface area contributed by atoms with Crippen LogP contribution in [-0.4, -0.2) is 12.1 Å². The summed E-state index contributed by atoms with van der Waals surface area (Å²) in [4.78, 5) is 11.4. The Hall–Kier alpha value is -0.830. The van der Waals surface area contributed by atoms with Gasteiger partial charge in [-0.1, -0.05) is 28.1 Å². The molecule has 0 aliphatic carbocycles. The minimum absolute atomic E-state index is 0.0472. The Morgan fingerprint density at radius 2 is 2.13 bits per heavy atom. The largest absolute Gasteiger partial charge is 0.463 e. The second-order valence-corrected chi connectivity index (χ2v) is 4.65. The van der Waals surface area contributed by atoms with Crippen molar-refractivity contribution in [3.63, 3.8) is 0 Å². The molecule has 1 rings (SSSR count). The molecule has 0 N–H and O–H groups in total. The number of carbonyl (C=O) groups excluding carboxylic acids is 1. The van der Waals surface area contributed by atoms with Crippen LogP contribution in [0.15, 0.2) is 22.7 Å². The van der Waals surface area contributed by atoms with Gasteiger partial charge in [0.25, 0.3) is 0 Å². The average molecular weight is 271 g/mol. The van der Waals surface area contributed by atoms with Crippen molar-refractivity contribution >= 4 is 21.9 Å². The molecule has 0 fully saturated rings. The van der Waals surface area contributed by atoms with E-state index in [1.54, 1.807) is 0 Å². The van der Waals surface area contributed by atoms with E-state index >= 15 is 0 Å². The molecule has 0 unspecified atom stereocenters. The highest BCUT2D eigenvalue weighted by molar-refractivity contribution is 9.10. The van der Waals surface area contributed by atoms with E-state index in [0.29, 0.717) is 6.42 Å². The maximum absolute atomic E-state index is 11.4. The number of esters is 1. The summed E-state index contributed by atoms with van der Waals surface area (Å²) in [6.07, 6.45) is 0.292. The summed E-state index contributed by atoms with van der Waals surface area (Å²) in [5, 5.41) is 0. The summed E-state index contributed by atoms with van der Waals surface area (Å²) in [6.45, 7) is 5.71. The predicted molar refractivity (Wildman–Crippen MR) is 63.8 cm³/mol. The zero-order valence-corrected chi connectivity index (χ0v) is 10.8. The van der Waals surface area contributed by atoms with Gasteiger partial charge in [-0.2, -0.15) is 0 Å². The molecule has 0 aliphatic heterocycles. The fraction of sp³-hybridized carbons (Fsp3) is 0.417. The first-order valence-electron chi connectivity index (χ1n) is 4.93. The Bertz CT molecular complexity index is 359. The first-order valence-corrected chi connectivity index (χ1v) is 5.73. The molecule has 3 heteroatoms. The Labute approximate surface area is 98.8 Å². The average Bonchev–Trinajstić information content (AvgIpc) is 2.10. The normalized spacial score (nSPS) is 10.5. The minimum atomic E-state index is -0.174. The van der Waals surface area contributed by atoms with Gasteiger partial charge >= 0.3 is 5.97 Å². The zero-order valence-electron chi connectivity index (χ0n) is 9.21. The number of hydrogen-bond acceptors (Lipinski definition) is 2. The summed E-state index contributed by atoms with van der Waals surface area (Å²) in [5.41, 5.74) is 2.12. The van der Waals surface area contributed by atoms with Crippen LogP contribution >= 0.6 is 15.9 Å². The van der Waals surface area contributed by atoms with Crippen LogP contribution in [0.25, 0.3) is 0 Å². The molecule has 1 aromatic rings. The van der Waals surface area contributed by atoms with Gasteiger partial charge in [0.15, 0.2) is 0 Å². The number of halogens is 1. The van der Waals surface area contributed by atoms with E-state index in [9.17, 15) is 4.79 Å². The van der Waals surface area contributed by atoms with Crippen molar-refractivity contribution in [1.82, 2.24) is 0 Å². The number of aryl methyl sites for hydroxylation is 1. The molecule has 0 aromatic heterocycles. The van der Waals surface area contributed by atoms with Crippen LogP contribution in [-0.2, 0) is 16.0 Å². The fourth-order valence-corrected chi connectivity index (χ4v) is 1.53. The van der Waals surface area contributed by atoms with Gasteiger partial charge in [-0.3, -0.25) is 4.79 Å². The Morgan fingerprint density at radius 3 is 2.67 bits per heavy atom. The molecule has 2 nitrogen and oxygen atoms in total. The quantitative estimate of drug-likeness (QED) is 0.789. The number of benzene rings is 1. The lowest BCUT2D eigenvalue weighted by Gasteiger charge is -2.08. The van der Waals surface area contributed by atoms with E-state index in [1.165, 1.54) is 0 Å². The molecule has 0 saturated carbocycles. The topological polar surface area (TPSA) is 26.3 Å². The first-order chi connectivity index (χ1) is 6.99. The Kier molecular flexibility index (Phi) is 4.33. The lowest BCUT2D eigenvalue weighted by Crippen LogP contribution is -2.13. The molecule has 0 bridgehead atoms. The Morgan fingerprint density at radius 1 is 1.47 bits per heavy atom. The van der Waals surface area contributed by atoms with E-state index in [1.807, 2.05) is 39.0 Å². The maximum atomic E-state index is 11.4. The van der Waals surface area contributed by atoms with Crippen molar-refractivity contribution in [2.75, 3.05) is 0 Å². The summed E-state index contributed by atoms with van der Waals surface area (Å²) in [5.74, 6) is -0.174. The van der Waals surface area contributed by atoms with Crippen LogP contribution in [0, 0.1) is 6.92 Å². The predicted octanol–water partition coefficient (Wildman–Crippen LogP) is 3.25. The highest BCUT2D eigenvalue weighted by Gasteiger charge is 2.07. The van der Waals surface area contributed by atoms with E-state index in [2.05, 4.69) is 15.9 Å². The molecule has 82 valence electrons. The maximum Gasteiger partial charge on any atom is 0.310 e. The molecule has 0 amide bonds. The van der Waals surface area contributed by atoms with Gasteiger partial charge in [-0.15, -0.1) is 0 Å². The van der Waals surface area contributed by atoms with Crippen LogP contribution in [0.2, 0.25) is 0 Å². The van der Waals surface area contributed by atoms with E-state index in [-0.39, 0.29) is 12.1 Å². The van der Waals surface area contributed by atoms with Gasteiger partial charge < -0.3 is 4.74 Å². The second-order valence-electron chi connectivity index (χ2n) is 3.80. The molecule has 1 aromatic carbocycles. The highest BCUT2D eigenvalue weighted by atomic mass is 79.9. The third kappa shape index (κ3) is 4.04. The van der Waals surface area contributed by atoms with Crippen molar-refractivity contribution in [2.24, 2.45) is 0 Å². The van der Waals surface area contributed by atoms with Crippen molar-refractivity contribution in [2.45, 2.75) is 33.3 Å². The molecule has 0 spiro atoms. The van der Waals surface area contributed by atoms with Crippen LogP contribution in [0.1, 0.15) is 25.0 Å². The standard InChI is InChI=1S/C12H15BrO2/c1-8(2)15-12(14)7-10-4-5-11(13)9(3)6-10/h4-6,8H,7H2,1-3H3. The molecule has 0 radical (unpaired) electrons. The van der Waals surface area contributed by atoms with Crippen molar-refractivity contribution in [3.05, 3.63) is 33.8 Å². The van der Waals surface area contributed by atoms with Gasteiger partial charge in [-0.25, -0.2) is 0 Å². The van der Waals surface area contributed by atoms with E-state index < -0.39 is 0 Å². The highest BCUT2D eigenvalue weighted by Crippen LogP contribution is 2.17. The fourth-order valence-electron chi connectivity index (χ4n) is 1.29. The first kappa shape index (κ1) is 12.2. The molecular weight excluding hydrogens is 256 g/mol. The lowest BCUT2D eigenvalue weighted by molar-refractivity contribution is -0.146. The third-order valence-electron chi connectivity index (χ3n) is 1.94.